The van der Waals surface area contributed by atoms with Crippen molar-refractivity contribution < 1.29 is 9.90 Å². The number of aryl methyl sites for hydroxylation is 1. The number of benzene rings is 1. The van der Waals surface area contributed by atoms with E-state index in [1.165, 1.54) is 0 Å². The lowest BCUT2D eigenvalue weighted by Gasteiger charge is -2.15. The monoisotopic (exact) mass is 418 g/mol. The summed E-state index contributed by atoms with van der Waals surface area (Å²) in [4.78, 5) is 28.0. The SMILES string of the molecule is CC.Cc1cc2[nH]c3c(c(=O)c2cc1NC1=CCCCC=C1C=O)C=CC(C)(O)C=C3. The summed E-state index contributed by atoms with van der Waals surface area (Å²) in [5.41, 5.74) is 3.91. The minimum Gasteiger partial charge on any atom is -0.382 e. The van der Waals surface area contributed by atoms with Crippen molar-refractivity contribution in [2.24, 2.45) is 0 Å². The maximum atomic E-state index is 13.2. The zero-order chi connectivity index (χ0) is 22.6. The molecular formula is C26H30N2O3. The Morgan fingerprint density at radius 1 is 1.13 bits per heavy atom. The number of hydrogen-bond acceptors (Lipinski definition) is 4. The molecule has 1 heterocycles. The Morgan fingerprint density at radius 3 is 2.58 bits per heavy atom. The van der Waals surface area contributed by atoms with Gasteiger partial charge in [0, 0.05) is 33.6 Å². The first-order valence-electron chi connectivity index (χ1n) is 10.8. The Kier molecular flexibility index (Phi) is 6.76. The summed E-state index contributed by atoms with van der Waals surface area (Å²) in [5.74, 6) is 0. The van der Waals surface area contributed by atoms with Gasteiger partial charge in [0.15, 0.2) is 11.7 Å². The molecule has 2 aromatic rings. The lowest BCUT2D eigenvalue weighted by molar-refractivity contribution is -0.104. The number of H-pyrrole nitrogens is 1. The predicted molar refractivity (Wildman–Crippen MR) is 129 cm³/mol. The molecule has 0 bridgehead atoms. The number of pyridine rings is 1. The van der Waals surface area contributed by atoms with Gasteiger partial charge in [-0.25, -0.2) is 0 Å². The van der Waals surface area contributed by atoms with Crippen LogP contribution in [0.4, 0.5) is 5.69 Å². The van der Waals surface area contributed by atoms with Crippen molar-refractivity contribution in [2.45, 2.75) is 52.6 Å². The van der Waals surface area contributed by atoms with E-state index in [0.717, 1.165) is 48.0 Å². The topological polar surface area (TPSA) is 82.2 Å². The lowest BCUT2D eigenvalue weighted by atomic mass is 10.0. The summed E-state index contributed by atoms with van der Waals surface area (Å²) in [6.45, 7) is 7.63. The van der Waals surface area contributed by atoms with Crippen LogP contribution in [0.25, 0.3) is 23.1 Å². The van der Waals surface area contributed by atoms with E-state index in [4.69, 9.17) is 0 Å². The number of nitrogens with one attached hydrogen (secondary N) is 2. The second kappa shape index (κ2) is 9.31. The van der Waals surface area contributed by atoms with E-state index in [2.05, 4.69) is 10.3 Å². The van der Waals surface area contributed by atoms with Crippen LogP contribution in [0.3, 0.4) is 0 Å². The second-order valence-electron chi connectivity index (χ2n) is 7.84. The minimum absolute atomic E-state index is 0.101. The van der Waals surface area contributed by atoms with Gasteiger partial charge < -0.3 is 15.4 Å². The number of anilines is 1. The van der Waals surface area contributed by atoms with Gasteiger partial charge in [0.1, 0.15) is 0 Å². The van der Waals surface area contributed by atoms with Crippen LogP contribution >= 0.6 is 0 Å². The molecule has 0 saturated carbocycles. The normalized spacial score (nSPS) is 19.9. The number of fused-ring (bicyclic) bond motifs is 2. The molecule has 2 aliphatic carbocycles. The van der Waals surface area contributed by atoms with E-state index < -0.39 is 5.60 Å². The highest BCUT2D eigenvalue weighted by atomic mass is 16.3. The average Bonchev–Trinajstić information content (AvgIpc) is 3.07. The first kappa shape index (κ1) is 22.5. The second-order valence-corrected chi connectivity index (χ2v) is 7.84. The van der Waals surface area contributed by atoms with Gasteiger partial charge in [-0.05, 0) is 75.1 Å². The van der Waals surface area contributed by atoms with E-state index in [-0.39, 0.29) is 5.43 Å². The summed E-state index contributed by atoms with van der Waals surface area (Å²) < 4.78 is 0. The molecule has 1 atom stereocenters. The van der Waals surface area contributed by atoms with Crippen LogP contribution in [0.15, 0.2) is 52.5 Å². The fraction of sp³-hybridized carbons (Fsp3) is 0.308. The van der Waals surface area contributed by atoms with Crippen LogP contribution < -0.4 is 10.7 Å². The molecule has 0 aliphatic heterocycles. The molecule has 1 unspecified atom stereocenters. The third-order valence-electron chi connectivity index (χ3n) is 5.42. The van der Waals surface area contributed by atoms with Gasteiger partial charge in [0.05, 0.1) is 11.1 Å². The summed E-state index contributed by atoms with van der Waals surface area (Å²) in [7, 11) is 0. The molecule has 4 rings (SSSR count). The minimum atomic E-state index is -1.10. The number of aromatic nitrogens is 1. The maximum Gasteiger partial charge on any atom is 0.197 e. The van der Waals surface area contributed by atoms with Crippen molar-refractivity contribution in [1.29, 1.82) is 0 Å². The molecule has 0 saturated heterocycles. The van der Waals surface area contributed by atoms with Crippen LogP contribution in [0.2, 0.25) is 0 Å². The Balaban J connectivity index is 0.00000132. The van der Waals surface area contributed by atoms with Crippen molar-refractivity contribution in [3.63, 3.8) is 0 Å². The fourth-order valence-electron chi connectivity index (χ4n) is 3.70. The van der Waals surface area contributed by atoms with Gasteiger partial charge in [-0.2, -0.15) is 0 Å². The molecule has 3 N–H and O–H groups in total. The highest BCUT2D eigenvalue weighted by Gasteiger charge is 2.18. The van der Waals surface area contributed by atoms with Crippen LogP contribution in [0.5, 0.6) is 0 Å². The van der Waals surface area contributed by atoms with E-state index in [1.54, 1.807) is 31.2 Å². The average molecular weight is 419 g/mol. The molecule has 0 spiro atoms. The van der Waals surface area contributed by atoms with E-state index >= 15 is 0 Å². The van der Waals surface area contributed by atoms with Crippen LogP contribution in [-0.2, 0) is 4.79 Å². The van der Waals surface area contributed by atoms with Crippen molar-refractivity contribution in [3.8, 4) is 0 Å². The molecule has 0 fully saturated rings. The zero-order valence-corrected chi connectivity index (χ0v) is 18.6. The third-order valence-corrected chi connectivity index (χ3v) is 5.42. The number of carbonyl (C=O) groups is 1. The molecule has 0 amide bonds. The quantitative estimate of drug-likeness (QED) is 0.594. The van der Waals surface area contributed by atoms with Gasteiger partial charge in [-0.15, -0.1) is 0 Å². The van der Waals surface area contributed by atoms with Gasteiger partial charge >= 0.3 is 0 Å². The molecule has 31 heavy (non-hydrogen) atoms. The molecule has 1 aromatic carbocycles. The Labute approximate surface area is 182 Å². The Hall–Kier alpha value is -3.18. The molecule has 0 radical (unpaired) electrons. The fourth-order valence-corrected chi connectivity index (χ4v) is 3.70. The van der Waals surface area contributed by atoms with E-state index in [1.807, 2.05) is 45.1 Å². The number of hydrogen-bond donors (Lipinski definition) is 3. The maximum absolute atomic E-state index is 13.2. The summed E-state index contributed by atoms with van der Waals surface area (Å²) in [6, 6.07) is 3.76. The van der Waals surface area contributed by atoms with Crippen molar-refractivity contribution >= 4 is 35.0 Å². The highest BCUT2D eigenvalue weighted by Crippen LogP contribution is 2.27. The largest absolute Gasteiger partial charge is 0.382 e. The molecule has 1 aromatic heterocycles. The molecule has 2 aliphatic rings. The standard InChI is InChI=1S/C24H24N2O3.C2H6/c1-15-12-22-18(13-21(15)25-19-7-5-3-4-6-16(19)14-27)23(28)17-8-10-24(2,29)11-9-20(17)26-22;1-2/h6-14,25,29H,3-5H2,1-2H3,(H,26,28);1-2H3. The number of carbonyl (C=O) groups excluding carboxylic acids is 1. The van der Waals surface area contributed by atoms with Crippen molar-refractivity contribution in [3.05, 3.63) is 74.8 Å². The third kappa shape index (κ3) is 4.78. The van der Waals surface area contributed by atoms with Gasteiger partial charge in [0.2, 0.25) is 0 Å². The van der Waals surface area contributed by atoms with Gasteiger partial charge in [-0.3, -0.25) is 9.59 Å². The number of rotatable bonds is 3. The number of aliphatic hydroxyl groups is 1. The molecule has 5 nitrogen and oxygen atoms in total. The summed E-state index contributed by atoms with van der Waals surface area (Å²) in [5, 5.41) is 14.2. The van der Waals surface area contributed by atoms with Gasteiger partial charge in [-0.1, -0.05) is 26.0 Å². The first-order valence-corrected chi connectivity index (χ1v) is 10.8. The Bertz CT molecular complexity index is 1180. The number of aldehydes is 1. The van der Waals surface area contributed by atoms with Crippen molar-refractivity contribution in [1.82, 2.24) is 4.98 Å². The predicted octanol–water partition coefficient (Wildman–Crippen LogP) is 5.26. The molecule has 5 heteroatoms. The van der Waals surface area contributed by atoms with Crippen molar-refractivity contribution in [2.75, 3.05) is 5.32 Å². The van der Waals surface area contributed by atoms with Crippen LogP contribution in [0.1, 0.15) is 56.9 Å². The Morgan fingerprint density at radius 2 is 1.84 bits per heavy atom. The zero-order valence-electron chi connectivity index (χ0n) is 18.6. The van der Waals surface area contributed by atoms with E-state index in [9.17, 15) is 14.7 Å². The molecule has 162 valence electrons. The summed E-state index contributed by atoms with van der Waals surface area (Å²) >= 11 is 0. The smallest absolute Gasteiger partial charge is 0.197 e. The summed E-state index contributed by atoms with van der Waals surface area (Å²) in [6.07, 6.45) is 14.3. The first-order chi connectivity index (χ1) is 14.9. The van der Waals surface area contributed by atoms with Crippen LogP contribution in [0, 0.1) is 6.92 Å². The van der Waals surface area contributed by atoms with E-state index in [0.29, 0.717) is 22.2 Å². The van der Waals surface area contributed by atoms with Crippen LogP contribution in [-0.4, -0.2) is 22.0 Å². The number of allylic oxidation sites excluding steroid dienone is 3. The number of aromatic amines is 1. The lowest BCUT2D eigenvalue weighted by Crippen LogP contribution is -2.15. The highest BCUT2D eigenvalue weighted by molar-refractivity contribution is 5.89. The van der Waals surface area contributed by atoms with Gasteiger partial charge in [0.25, 0.3) is 0 Å². The molecular weight excluding hydrogens is 388 g/mol.